The van der Waals surface area contributed by atoms with Crippen molar-refractivity contribution >= 4 is 17.0 Å². The fraction of sp³-hybridized carbons (Fsp3) is 0.419. The number of hydrogen-bond donors (Lipinski definition) is 0. The maximum Gasteiger partial charge on any atom is 0.212 e. The summed E-state index contributed by atoms with van der Waals surface area (Å²) in [5, 5.41) is 14.3. The highest BCUT2D eigenvalue weighted by Crippen LogP contribution is 2.37. The summed E-state index contributed by atoms with van der Waals surface area (Å²) in [5.41, 5.74) is 5.75. The third-order valence-corrected chi connectivity index (χ3v) is 9.00. The van der Waals surface area contributed by atoms with Crippen molar-refractivity contribution in [2.75, 3.05) is 62.7 Å². The zero-order valence-electron chi connectivity index (χ0n) is 23.6. The SMILES string of the molecule is CCN1CCN(c2cc(-c3ccc(N4CC5CC(C4)N5Cc4ccc(OC)nc4)nc3)c3c(C#N)cnn3c2)CC1. The van der Waals surface area contributed by atoms with Crippen LogP contribution in [0.25, 0.3) is 16.6 Å². The number of ether oxygens (including phenoxy) is 1. The minimum absolute atomic E-state index is 0.520. The van der Waals surface area contributed by atoms with Gasteiger partial charge in [0.2, 0.25) is 5.88 Å². The van der Waals surface area contributed by atoms with E-state index in [4.69, 9.17) is 9.72 Å². The van der Waals surface area contributed by atoms with Crippen LogP contribution in [0.4, 0.5) is 11.5 Å². The largest absolute Gasteiger partial charge is 0.481 e. The van der Waals surface area contributed by atoms with E-state index in [1.54, 1.807) is 13.3 Å². The minimum atomic E-state index is 0.520. The van der Waals surface area contributed by atoms with Crippen molar-refractivity contribution in [1.29, 1.82) is 5.26 Å². The summed E-state index contributed by atoms with van der Waals surface area (Å²) in [4.78, 5) is 19.2. The molecule has 4 fully saturated rings. The number of piperidine rings is 1. The third kappa shape index (κ3) is 4.75. The normalized spacial score (nSPS) is 21.1. The fourth-order valence-corrected chi connectivity index (χ4v) is 6.61. The Morgan fingerprint density at radius 2 is 1.80 bits per heavy atom. The maximum absolute atomic E-state index is 9.80. The molecule has 0 amide bonds. The lowest BCUT2D eigenvalue weighted by Crippen LogP contribution is -2.68. The molecule has 2 atom stereocenters. The molecule has 0 N–H and O–H groups in total. The molecule has 10 nitrogen and oxygen atoms in total. The first-order valence-corrected chi connectivity index (χ1v) is 14.5. The molecule has 8 heterocycles. The van der Waals surface area contributed by atoms with Gasteiger partial charge in [-0.15, -0.1) is 0 Å². The standard InChI is InChI=1S/C31H35N9O/c1-3-36-8-10-37(11-9-36)25-13-28(31-24(14-32)17-35-40(31)21-25)23-5-6-29(33-16-23)38-19-26-12-27(20-38)39(26)18-22-4-7-30(41-2)34-15-22/h4-7,13,15-17,21,26-27H,3,8-12,18-20H2,1-2H3. The number of piperazine rings is 2. The molecule has 41 heavy (non-hydrogen) atoms. The van der Waals surface area contributed by atoms with E-state index in [1.165, 1.54) is 12.0 Å². The summed E-state index contributed by atoms with van der Waals surface area (Å²) in [6, 6.07) is 13.9. The van der Waals surface area contributed by atoms with Gasteiger partial charge in [0.1, 0.15) is 11.9 Å². The van der Waals surface area contributed by atoms with Crippen molar-refractivity contribution in [1.82, 2.24) is 29.4 Å². The molecule has 0 spiro atoms. The Hall–Kier alpha value is -4.20. The van der Waals surface area contributed by atoms with Gasteiger partial charge in [0.05, 0.1) is 36.3 Å². The second-order valence-electron chi connectivity index (χ2n) is 11.2. The molecule has 4 aliphatic rings. The zero-order valence-corrected chi connectivity index (χ0v) is 23.6. The van der Waals surface area contributed by atoms with E-state index in [2.05, 4.69) is 73.1 Å². The zero-order chi connectivity index (χ0) is 27.9. The van der Waals surface area contributed by atoms with Gasteiger partial charge in [0, 0.05) is 87.5 Å². The van der Waals surface area contributed by atoms with Gasteiger partial charge in [-0.05, 0) is 36.7 Å². The van der Waals surface area contributed by atoms with Crippen LogP contribution < -0.4 is 14.5 Å². The predicted molar refractivity (Wildman–Crippen MR) is 158 cm³/mol. The Morgan fingerprint density at radius 3 is 2.46 bits per heavy atom. The van der Waals surface area contributed by atoms with Crippen molar-refractivity contribution in [2.45, 2.75) is 32.0 Å². The van der Waals surface area contributed by atoms with Crippen LogP contribution in [0.3, 0.4) is 0 Å². The number of pyridine rings is 3. The second kappa shape index (κ2) is 10.7. The van der Waals surface area contributed by atoms with Gasteiger partial charge in [-0.1, -0.05) is 13.0 Å². The number of aromatic nitrogens is 4. The average molecular weight is 550 g/mol. The molecule has 10 heteroatoms. The van der Waals surface area contributed by atoms with Crippen molar-refractivity contribution in [3.63, 3.8) is 0 Å². The highest BCUT2D eigenvalue weighted by Gasteiger charge is 2.44. The molecule has 0 aliphatic carbocycles. The summed E-state index contributed by atoms with van der Waals surface area (Å²) >= 11 is 0. The molecule has 4 aromatic heterocycles. The van der Waals surface area contributed by atoms with E-state index < -0.39 is 0 Å². The van der Waals surface area contributed by atoms with Crippen LogP contribution in [0.2, 0.25) is 0 Å². The lowest BCUT2D eigenvalue weighted by atomic mass is 9.87. The number of nitriles is 1. The van der Waals surface area contributed by atoms with Crippen molar-refractivity contribution in [2.24, 2.45) is 0 Å². The summed E-state index contributed by atoms with van der Waals surface area (Å²) in [6.07, 6.45) is 8.82. The van der Waals surface area contributed by atoms with E-state index in [9.17, 15) is 5.26 Å². The van der Waals surface area contributed by atoms with Gasteiger partial charge >= 0.3 is 0 Å². The van der Waals surface area contributed by atoms with Gasteiger partial charge in [-0.3, -0.25) is 4.90 Å². The smallest absolute Gasteiger partial charge is 0.212 e. The molecule has 4 aliphatic heterocycles. The van der Waals surface area contributed by atoms with E-state index in [0.717, 1.165) is 80.5 Å². The second-order valence-corrected chi connectivity index (χ2v) is 11.2. The molecule has 0 saturated carbocycles. The molecule has 0 aromatic carbocycles. The number of nitrogens with zero attached hydrogens (tertiary/aromatic N) is 9. The molecule has 2 bridgehead atoms. The summed E-state index contributed by atoms with van der Waals surface area (Å²) < 4.78 is 7.05. The van der Waals surface area contributed by atoms with Crippen molar-refractivity contribution in [3.05, 3.63) is 66.2 Å². The fourth-order valence-electron chi connectivity index (χ4n) is 6.61. The third-order valence-electron chi connectivity index (χ3n) is 9.00. The van der Waals surface area contributed by atoms with Crippen LogP contribution in [0.1, 0.15) is 24.5 Å². The van der Waals surface area contributed by atoms with Gasteiger partial charge in [0.25, 0.3) is 0 Å². The first-order chi connectivity index (χ1) is 20.1. The Bertz CT molecular complexity index is 1560. The number of fused-ring (bicyclic) bond motifs is 3. The molecule has 4 saturated heterocycles. The number of hydrogen-bond acceptors (Lipinski definition) is 9. The topological polar surface area (TPSA) is 89.1 Å². The maximum atomic E-state index is 9.80. The molecular formula is C31H35N9O. The summed E-state index contributed by atoms with van der Waals surface area (Å²) in [6.45, 7) is 10.2. The van der Waals surface area contributed by atoms with Crippen LogP contribution in [0.5, 0.6) is 5.88 Å². The average Bonchev–Trinajstić information content (AvgIpc) is 3.47. The van der Waals surface area contributed by atoms with Crippen molar-refractivity contribution < 1.29 is 4.74 Å². The first kappa shape index (κ1) is 25.7. The molecule has 2 unspecified atom stereocenters. The van der Waals surface area contributed by atoms with Crippen LogP contribution >= 0.6 is 0 Å². The van der Waals surface area contributed by atoms with Crippen LogP contribution in [-0.2, 0) is 6.54 Å². The van der Waals surface area contributed by atoms with Gasteiger partial charge < -0.3 is 19.4 Å². The minimum Gasteiger partial charge on any atom is -0.481 e. The van der Waals surface area contributed by atoms with E-state index >= 15 is 0 Å². The van der Waals surface area contributed by atoms with E-state index in [-0.39, 0.29) is 0 Å². The van der Waals surface area contributed by atoms with E-state index in [1.807, 2.05) is 23.0 Å². The van der Waals surface area contributed by atoms with Crippen LogP contribution in [0.15, 0.2) is 55.1 Å². The highest BCUT2D eigenvalue weighted by atomic mass is 16.5. The lowest BCUT2D eigenvalue weighted by Gasteiger charge is -2.56. The Morgan fingerprint density at radius 1 is 0.976 bits per heavy atom. The predicted octanol–water partition coefficient (Wildman–Crippen LogP) is 3.28. The van der Waals surface area contributed by atoms with Gasteiger partial charge in [-0.25, -0.2) is 14.5 Å². The van der Waals surface area contributed by atoms with Gasteiger partial charge in [-0.2, -0.15) is 10.4 Å². The molecule has 210 valence electrons. The quantitative estimate of drug-likeness (QED) is 0.345. The molecular weight excluding hydrogens is 514 g/mol. The van der Waals surface area contributed by atoms with Crippen LogP contribution in [0, 0.1) is 11.3 Å². The van der Waals surface area contributed by atoms with E-state index in [0.29, 0.717) is 23.5 Å². The number of anilines is 2. The first-order valence-electron chi connectivity index (χ1n) is 14.5. The summed E-state index contributed by atoms with van der Waals surface area (Å²) in [5.74, 6) is 1.66. The molecule has 8 rings (SSSR count). The van der Waals surface area contributed by atoms with Crippen molar-refractivity contribution in [3.8, 4) is 23.1 Å². The lowest BCUT2D eigenvalue weighted by molar-refractivity contribution is -0.00876. The van der Waals surface area contributed by atoms with Gasteiger partial charge in [0.15, 0.2) is 0 Å². The molecule has 0 radical (unpaired) electrons. The Labute approximate surface area is 240 Å². The summed E-state index contributed by atoms with van der Waals surface area (Å²) in [7, 11) is 1.64. The Kier molecular flexibility index (Phi) is 6.69. The molecule has 4 aromatic rings. The van der Waals surface area contributed by atoms with Crippen LogP contribution in [-0.4, -0.2) is 94.4 Å². The number of methoxy groups -OCH3 is 1. The number of likely N-dealkylation sites (N-methyl/N-ethyl adjacent to an activating group) is 1. The number of rotatable bonds is 7. The highest BCUT2D eigenvalue weighted by molar-refractivity contribution is 5.86. The monoisotopic (exact) mass is 549 g/mol. The Balaban J connectivity index is 1.09.